The molecule has 1 aromatic rings. The third-order valence-electron chi connectivity index (χ3n) is 3.97. The molecule has 0 radical (unpaired) electrons. The van der Waals surface area contributed by atoms with Crippen molar-refractivity contribution in [1.82, 2.24) is 9.88 Å². The van der Waals surface area contributed by atoms with Crippen LogP contribution >= 0.6 is 0 Å². The SMILES string of the molecule is NC(=O)C1CCCCN1C(=O)c1ccnc2c1CC(=O)N2. The van der Waals surface area contributed by atoms with E-state index >= 15 is 0 Å². The van der Waals surface area contributed by atoms with Crippen LogP contribution in [0.2, 0.25) is 0 Å². The average molecular weight is 288 g/mol. The van der Waals surface area contributed by atoms with Crippen LogP contribution in [0.15, 0.2) is 12.3 Å². The second-order valence-electron chi connectivity index (χ2n) is 5.32. The highest BCUT2D eigenvalue weighted by Crippen LogP contribution is 2.27. The molecular weight excluding hydrogens is 272 g/mol. The highest BCUT2D eigenvalue weighted by Gasteiger charge is 2.34. The van der Waals surface area contributed by atoms with Crippen molar-refractivity contribution >= 4 is 23.5 Å². The van der Waals surface area contributed by atoms with Crippen LogP contribution in [-0.2, 0) is 16.0 Å². The van der Waals surface area contributed by atoms with E-state index in [9.17, 15) is 14.4 Å². The first-order valence-corrected chi connectivity index (χ1v) is 6.96. The molecule has 110 valence electrons. The van der Waals surface area contributed by atoms with Crippen LogP contribution in [0, 0.1) is 0 Å². The molecule has 1 aromatic heterocycles. The van der Waals surface area contributed by atoms with Crippen molar-refractivity contribution in [3.63, 3.8) is 0 Å². The van der Waals surface area contributed by atoms with E-state index in [1.807, 2.05) is 0 Å². The number of anilines is 1. The number of carbonyl (C=O) groups excluding carboxylic acids is 3. The van der Waals surface area contributed by atoms with Gasteiger partial charge in [0.1, 0.15) is 11.9 Å². The van der Waals surface area contributed by atoms with E-state index in [0.29, 0.717) is 29.9 Å². The lowest BCUT2D eigenvalue weighted by molar-refractivity contribution is -0.123. The van der Waals surface area contributed by atoms with Crippen LogP contribution in [0.3, 0.4) is 0 Å². The molecule has 7 nitrogen and oxygen atoms in total. The van der Waals surface area contributed by atoms with Gasteiger partial charge < -0.3 is 16.0 Å². The van der Waals surface area contributed by atoms with Crippen molar-refractivity contribution in [3.05, 3.63) is 23.4 Å². The number of nitrogens with zero attached hydrogens (tertiary/aromatic N) is 2. The van der Waals surface area contributed by atoms with Crippen molar-refractivity contribution < 1.29 is 14.4 Å². The predicted molar refractivity (Wildman–Crippen MR) is 74.4 cm³/mol. The van der Waals surface area contributed by atoms with Gasteiger partial charge in [0, 0.05) is 23.9 Å². The summed E-state index contributed by atoms with van der Waals surface area (Å²) in [5.74, 6) is -0.488. The van der Waals surface area contributed by atoms with Gasteiger partial charge in [-0.2, -0.15) is 0 Å². The van der Waals surface area contributed by atoms with Crippen LogP contribution in [0.5, 0.6) is 0 Å². The van der Waals surface area contributed by atoms with Gasteiger partial charge in [-0.25, -0.2) is 4.98 Å². The minimum Gasteiger partial charge on any atom is -0.368 e. The molecule has 1 unspecified atom stereocenters. The quantitative estimate of drug-likeness (QED) is 0.802. The molecule has 1 saturated heterocycles. The Morgan fingerprint density at radius 3 is 2.95 bits per heavy atom. The molecule has 0 saturated carbocycles. The maximum atomic E-state index is 12.7. The number of hydrogen-bond donors (Lipinski definition) is 2. The van der Waals surface area contributed by atoms with E-state index in [2.05, 4.69) is 10.3 Å². The van der Waals surface area contributed by atoms with Gasteiger partial charge in [-0.15, -0.1) is 0 Å². The van der Waals surface area contributed by atoms with Crippen molar-refractivity contribution in [2.45, 2.75) is 31.7 Å². The highest BCUT2D eigenvalue weighted by molar-refractivity contribution is 6.05. The van der Waals surface area contributed by atoms with Crippen LogP contribution in [0.25, 0.3) is 0 Å². The molecule has 2 aliphatic heterocycles. The number of nitrogens with one attached hydrogen (secondary N) is 1. The molecule has 7 heteroatoms. The van der Waals surface area contributed by atoms with Crippen LogP contribution in [-0.4, -0.2) is 40.2 Å². The smallest absolute Gasteiger partial charge is 0.255 e. The van der Waals surface area contributed by atoms with Gasteiger partial charge in [0.2, 0.25) is 11.8 Å². The summed E-state index contributed by atoms with van der Waals surface area (Å²) in [5, 5.41) is 2.62. The van der Waals surface area contributed by atoms with Crippen molar-refractivity contribution in [2.75, 3.05) is 11.9 Å². The molecule has 3 N–H and O–H groups in total. The fourth-order valence-corrected chi connectivity index (χ4v) is 2.94. The van der Waals surface area contributed by atoms with E-state index in [4.69, 9.17) is 5.73 Å². The summed E-state index contributed by atoms with van der Waals surface area (Å²) in [6.07, 6.45) is 3.94. The zero-order chi connectivity index (χ0) is 15.0. The van der Waals surface area contributed by atoms with E-state index in [0.717, 1.165) is 12.8 Å². The lowest BCUT2D eigenvalue weighted by Crippen LogP contribution is -2.50. The molecule has 0 aromatic carbocycles. The second kappa shape index (κ2) is 5.16. The number of aromatic nitrogens is 1. The van der Waals surface area contributed by atoms with E-state index in [1.165, 1.54) is 11.1 Å². The fraction of sp³-hybridized carbons (Fsp3) is 0.429. The van der Waals surface area contributed by atoms with Crippen molar-refractivity contribution in [3.8, 4) is 0 Å². The largest absolute Gasteiger partial charge is 0.368 e. The number of rotatable bonds is 2. The topological polar surface area (TPSA) is 105 Å². The minimum atomic E-state index is -0.569. The number of fused-ring (bicyclic) bond motifs is 1. The molecule has 21 heavy (non-hydrogen) atoms. The Morgan fingerprint density at radius 1 is 1.38 bits per heavy atom. The maximum Gasteiger partial charge on any atom is 0.255 e. The predicted octanol–water partition coefficient (Wildman–Crippen LogP) is 0.0562. The van der Waals surface area contributed by atoms with E-state index in [-0.39, 0.29) is 18.2 Å². The van der Waals surface area contributed by atoms with Crippen molar-refractivity contribution in [2.24, 2.45) is 5.73 Å². The Kier molecular flexibility index (Phi) is 3.32. The fourth-order valence-electron chi connectivity index (χ4n) is 2.94. The molecule has 0 spiro atoms. The Labute approximate surface area is 121 Å². The zero-order valence-electron chi connectivity index (χ0n) is 11.5. The molecule has 1 atom stereocenters. The van der Waals surface area contributed by atoms with Gasteiger partial charge in [-0.1, -0.05) is 0 Å². The summed E-state index contributed by atoms with van der Waals surface area (Å²) in [5.41, 5.74) is 6.42. The number of amides is 3. The summed E-state index contributed by atoms with van der Waals surface area (Å²) in [7, 11) is 0. The first kappa shape index (κ1) is 13.5. The number of hydrogen-bond acceptors (Lipinski definition) is 4. The Morgan fingerprint density at radius 2 is 2.19 bits per heavy atom. The highest BCUT2D eigenvalue weighted by atomic mass is 16.2. The van der Waals surface area contributed by atoms with Gasteiger partial charge in [-0.05, 0) is 25.3 Å². The summed E-state index contributed by atoms with van der Waals surface area (Å²) >= 11 is 0. The lowest BCUT2D eigenvalue weighted by atomic mass is 9.99. The third-order valence-corrected chi connectivity index (χ3v) is 3.97. The Hall–Kier alpha value is -2.44. The number of primary amides is 1. The molecule has 3 amide bonds. The molecule has 3 heterocycles. The molecule has 3 rings (SSSR count). The van der Waals surface area contributed by atoms with Crippen LogP contribution < -0.4 is 11.1 Å². The Balaban J connectivity index is 1.94. The molecule has 0 aliphatic carbocycles. The summed E-state index contributed by atoms with van der Waals surface area (Å²) in [6.45, 7) is 0.505. The maximum absolute atomic E-state index is 12.7. The zero-order valence-corrected chi connectivity index (χ0v) is 11.5. The molecule has 0 bridgehead atoms. The molecular formula is C14H16N4O3. The van der Waals surface area contributed by atoms with Gasteiger partial charge in [0.15, 0.2) is 0 Å². The monoisotopic (exact) mass is 288 g/mol. The lowest BCUT2D eigenvalue weighted by Gasteiger charge is -2.34. The van der Waals surface area contributed by atoms with E-state index < -0.39 is 11.9 Å². The van der Waals surface area contributed by atoms with Gasteiger partial charge in [0.25, 0.3) is 5.91 Å². The number of piperidine rings is 1. The number of likely N-dealkylation sites (tertiary alicyclic amines) is 1. The molecule has 2 aliphatic rings. The average Bonchev–Trinajstić information content (AvgIpc) is 2.86. The van der Waals surface area contributed by atoms with Gasteiger partial charge >= 0.3 is 0 Å². The standard InChI is InChI=1S/C14H16N4O3/c15-12(20)10-3-1-2-6-18(10)14(21)8-4-5-16-13-9(8)7-11(19)17-13/h4-5,10H,1-3,6-7H2,(H2,15,20)(H,16,17,19). The number of carbonyl (C=O) groups is 3. The minimum absolute atomic E-state index is 0.138. The molecule has 1 fully saturated rings. The number of nitrogens with two attached hydrogens (primary N) is 1. The number of pyridine rings is 1. The first-order valence-electron chi connectivity index (χ1n) is 6.96. The van der Waals surface area contributed by atoms with Gasteiger partial charge in [0.05, 0.1) is 6.42 Å². The normalized spacial score (nSPS) is 20.9. The summed E-state index contributed by atoms with van der Waals surface area (Å²) < 4.78 is 0. The third kappa shape index (κ3) is 2.35. The Bertz CT molecular complexity index is 629. The first-order chi connectivity index (χ1) is 10.1. The summed E-state index contributed by atoms with van der Waals surface area (Å²) in [6, 6.07) is 1.02. The summed E-state index contributed by atoms with van der Waals surface area (Å²) in [4.78, 5) is 41.3. The van der Waals surface area contributed by atoms with Crippen molar-refractivity contribution in [1.29, 1.82) is 0 Å². The van der Waals surface area contributed by atoms with Gasteiger partial charge in [-0.3, -0.25) is 14.4 Å². The van der Waals surface area contributed by atoms with Crippen LogP contribution in [0.1, 0.15) is 35.2 Å². The van der Waals surface area contributed by atoms with E-state index in [1.54, 1.807) is 6.07 Å². The van der Waals surface area contributed by atoms with Crippen LogP contribution in [0.4, 0.5) is 5.82 Å². The second-order valence-corrected chi connectivity index (χ2v) is 5.32.